The van der Waals surface area contributed by atoms with Crippen LogP contribution >= 0.6 is 0 Å². The summed E-state index contributed by atoms with van der Waals surface area (Å²) in [5, 5.41) is 0. The van der Waals surface area contributed by atoms with Crippen molar-refractivity contribution in [3.63, 3.8) is 0 Å². The lowest BCUT2D eigenvalue weighted by Crippen LogP contribution is -1.83. The highest BCUT2D eigenvalue weighted by molar-refractivity contribution is 5.77. The third-order valence-electron chi connectivity index (χ3n) is 2.17. The first-order valence-corrected chi connectivity index (χ1v) is 4.58. The molecule has 14 heavy (non-hydrogen) atoms. The minimum absolute atomic E-state index is 0.892. The van der Waals surface area contributed by atoms with E-state index in [-0.39, 0.29) is 0 Å². The second kappa shape index (κ2) is 3.54. The molecule has 1 aromatic heterocycles. The zero-order valence-electron chi connectivity index (χ0n) is 8.16. The molecule has 1 nitrogen and oxygen atoms in total. The maximum Gasteiger partial charge on any atom is 0.134 e. The van der Waals surface area contributed by atoms with Crippen LogP contribution in [0.2, 0.25) is 0 Å². The van der Waals surface area contributed by atoms with Gasteiger partial charge in [-0.25, -0.2) is 0 Å². The molecule has 0 saturated heterocycles. The van der Waals surface area contributed by atoms with Gasteiger partial charge in [-0.15, -0.1) is 0 Å². The van der Waals surface area contributed by atoms with E-state index in [9.17, 15) is 0 Å². The van der Waals surface area contributed by atoms with Crippen LogP contribution in [0.15, 0.2) is 53.7 Å². The third kappa shape index (κ3) is 1.49. The van der Waals surface area contributed by atoms with Crippen LogP contribution < -0.4 is 0 Å². The molecule has 1 aromatic carbocycles. The first-order valence-electron chi connectivity index (χ1n) is 4.58. The predicted molar refractivity (Wildman–Crippen MR) is 58.9 cm³/mol. The van der Waals surface area contributed by atoms with Crippen molar-refractivity contribution in [1.82, 2.24) is 0 Å². The van der Waals surface area contributed by atoms with Gasteiger partial charge in [0.15, 0.2) is 0 Å². The number of furan rings is 1. The molecule has 0 aliphatic rings. The number of hydrogen-bond donors (Lipinski definition) is 0. The Labute approximate surface area is 83.7 Å². The van der Waals surface area contributed by atoms with Crippen LogP contribution in [-0.2, 0) is 0 Å². The zero-order chi connectivity index (χ0) is 9.97. The summed E-state index contributed by atoms with van der Waals surface area (Å²) < 4.78 is 5.37. The van der Waals surface area contributed by atoms with Gasteiger partial charge in [-0.3, -0.25) is 0 Å². The highest BCUT2D eigenvalue weighted by Crippen LogP contribution is 2.27. The largest absolute Gasteiger partial charge is 0.464 e. The maximum absolute atomic E-state index is 5.37. The molecule has 0 atom stereocenters. The predicted octanol–water partition coefficient (Wildman–Crippen LogP) is 3.98. The van der Waals surface area contributed by atoms with E-state index < -0.39 is 0 Å². The van der Waals surface area contributed by atoms with Crippen LogP contribution in [0.5, 0.6) is 0 Å². The average molecular weight is 184 g/mol. The van der Waals surface area contributed by atoms with E-state index in [1.54, 1.807) is 6.26 Å². The molecule has 0 radical (unpaired) electrons. The van der Waals surface area contributed by atoms with Gasteiger partial charge in [0, 0.05) is 5.56 Å². The van der Waals surface area contributed by atoms with Gasteiger partial charge in [0.1, 0.15) is 5.76 Å². The Kier molecular flexibility index (Phi) is 2.23. The summed E-state index contributed by atoms with van der Waals surface area (Å²) in [5.74, 6) is 0.892. The van der Waals surface area contributed by atoms with Gasteiger partial charge >= 0.3 is 0 Å². The topological polar surface area (TPSA) is 13.1 Å². The summed E-state index contributed by atoms with van der Waals surface area (Å²) in [4.78, 5) is 0. The molecule has 0 N–H and O–H groups in total. The standard InChI is InChI=1S/C13H12O/c1-10(2)11-6-3-4-7-12(11)13-8-5-9-14-13/h3-9H,1H2,2H3. The Morgan fingerprint density at radius 2 is 1.93 bits per heavy atom. The van der Waals surface area contributed by atoms with Crippen molar-refractivity contribution in [1.29, 1.82) is 0 Å². The smallest absolute Gasteiger partial charge is 0.134 e. The average Bonchev–Trinajstić information content (AvgIpc) is 2.70. The molecule has 0 amide bonds. The highest BCUT2D eigenvalue weighted by atomic mass is 16.3. The molecule has 0 fully saturated rings. The van der Waals surface area contributed by atoms with Gasteiger partial charge in [0.2, 0.25) is 0 Å². The number of hydrogen-bond acceptors (Lipinski definition) is 1. The first kappa shape index (κ1) is 8.82. The lowest BCUT2D eigenvalue weighted by molar-refractivity contribution is 0.582. The molecule has 2 aromatic rings. The number of rotatable bonds is 2. The van der Waals surface area contributed by atoms with E-state index in [4.69, 9.17) is 4.42 Å². The fraction of sp³-hybridized carbons (Fsp3) is 0.0769. The molecule has 2 rings (SSSR count). The molecule has 70 valence electrons. The molecule has 0 bridgehead atoms. The van der Waals surface area contributed by atoms with Gasteiger partial charge < -0.3 is 4.42 Å². The van der Waals surface area contributed by atoms with Crippen LogP contribution in [0.1, 0.15) is 12.5 Å². The number of allylic oxidation sites excluding steroid dienone is 1. The van der Waals surface area contributed by atoms with Crippen molar-refractivity contribution in [2.45, 2.75) is 6.92 Å². The van der Waals surface area contributed by atoms with Crippen molar-refractivity contribution in [3.8, 4) is 11.3 Å². The SMILES string of the molecule is C=C(C)c1ccccc1-c1ccco1. The summed E-state index contributed by atoms with van der Waals surface area (Å²) in [6.45, 7) is 5.96. The van der Waals surface area contributed by atoms with Gasteiger partial charge in [-0.2, -0.15) is 0 Å². The van der Waals surface area contributed by atoms with Crippen LogP contribution in [0.3, 0.4) is 0 Å². The van der Waals surface area contributed by atoms with E-state index >= 15 is 0 Å². The Morgan fingerprint density at radius 3 is 2.57 bits per heavy atom. The van der Waals surface area contributed by atoms with E-state index in [1.807, 2.05) is 37.3 Å². The summed E-state index contributed by atoms with van der Waals surface area (Å²) in [7, 11) is 0. The summed E-state index contributed by atoms with van der Waals surface area (Å²) in [6, 6.07) is 12.0. The molecule has 1 heteroatoms. The van der Waals surface area contributed by atoms with Gasteiger partial charge in [0.05, 0.1) is 6.26 Å². The van der Waals surface area contributed by atoms with Crippen LogP contribution in [0.25, 0.3) is 16.9 Å². The highest BCUT2D eigenvalue weighted by Gasteiger charge is 2.06. The lowest BCUT2D eigenvalue weighted by atomic mass is 10.0. The van der Waals surface area contributed by atoms with Crippen LogP contribution in [-0.4, -0.2) is 0 Å². The van der Waals surface area contributed by atoms with Crippen LogP contribution in [0.4, 0.5) is 0 Å². The second-order valence-electron chi connectivity index (χ2n) is 3.30. The summed E-state index contributed by atoms with van der Waals surface area (Å²) in [5.41, 5.74) is 3.30. The van der Waals surface area contributed by atoms with Gasteiger partial charge in [0.25, 0.3) is 0 Å². The quantitative estimate of drug-likeness (QED) is 0.688. The lowest BCUT2D eigenvalue weighted by Gasteiger charge is -2.05. The zero-order valence-corrected chi connectivity index (χ0v) is 8.16. The monoisotopic (exact) mass is 184 g/mol. The molecular weight excluding hydrogens is 172 g/mol. The third-order valence-corrected chi connectivity index (χ3v) is 2.17. The molecule has 1 heterocycles. The van der Waals surface area contributed by atoms with Crippen molar-refractivity contribution in [2.24, 2.45) is 0 Å². The van der Waals surface area contributed by atoms with Crippen molar-refractivity contribution in [3.05, 3.63) is 54.8 Å². The number of benzene rings is 1. The molecule has 0 spiro atoms. The minimum Gasteiger partial charge on any atom is -0.464 e. The Bertz CT molecular complexity index is 438. The van der Waals surface area contributed by atoms with Crippen molar-refractivity contribution >= 4 is 5.57 Å². The second-order valence-corrected chi connectivity index (χ2v) is 3.30. The molecule has 0 unspecified atom stereocenters. The van der Waals surface area contributed by atoms with Gasteiger partial charge in [-0.1, -0.05) is 36.4 Å². The molecule has 0 aliphatic heterocycles. The van der Waals surface area contributed by atoms with E-state index in [0.717, 1.165) is 22.5 Å². The van der Waals surface area contributed by atoms with Gasteiger partial charge in [-0.05, 0) is 24.6 Å². The summed E-state index contributed by atoms with van der Waals surface area (Å²) >= 11 is 0. The van der Waals surface area contributed by atoms with E-state index in [2.05, 4.69) is 12.6 Å². The van der Waals surface area contributed by atoms with Crippen molar-refractivity contribution < 1.29 is 4.42 Å². The van der Waals surface area contributed by atoms with E-state index in [0.29, 0.717) is 0 Å². The Balaban J connectivity index is 2.58. The molecule has 0 saturated carbocycles. The first-order chi connectivity index (χ1) is 6.79. The maximum atomic E-state index is 5.37. The van der Waals surface area contributed by atoms with Crippen LogP contribution in [0, 0.1) is 0 Å². The Morgan fingerprint density at radius 1 is 1.14 bits per heavy atom. The summed E-state index contributed by atoms with van der Waals surface area (Å²) in [6.07, 6.45) is 1.69. The minimum atomic E-state index is 0.892. The fourth-order valence-electron chi connectivity index (χ4n) is 1.50. The molecular formula is C13H12O. The Hall–Kier alpha value is -1.76. The van der Waals surface area contributed by atoms with Crippen molar-refractivity contribution in [2.75, 3.05) is 0 Å². The van der Waals surface area contributed by atoms with E-state index in [1.165, 1.54) is 0 Å². The molecule has 0 aliphatic carbocycles. The fourth-order valence-corrected chi connectivity index (χ4v) is 1.50. The normalized spacial score (nSPS) is 10.1.